The zero-order valence-electron chi connectivity index (χ0n) is 23.2. The molecule has 0 unspecified atom stereocenters. The number of allylic oxidation sites excluding steroid dienone is 4. The minimum absolute atomic E-state index is 0.0721. The molecule has 1 aliphatic heterocycles. The first-order valence-corrected chi connectivity index (χ1v) is 14.1. The monoisotopic (exact) mass is 533 g/mol. The normalized spacial score (nSPS) is 15.4. The van der Waals surface area contributed by atoms with Crippen LogP contribution in [0.25, 0.3) is 0 Å². The molecular formula is C28H43N3O5S. The Hall–Kier alpha value is -2.62. The van der Waals surface area contributed by atoms with Gasteiger partial charge in [-0.15, -0.1) is 0 Å². The Morgan fingerprint density at radius 3 is 2.35 bits per heavy atom. The third kappa shape index (κ3) is 8.45. The first-order chi connectivity index (χ1) is 17.5. The average molecular weight is 534 g/mol. The Morgan fingerprint density at radius 2 is 1.81 bits per heavy atom. The van der Waals surface area contributed by atoms with Crippen molar-refractivity contribution >= 4 is 15.9 Å². The summed E-state index contributed by atoms with van der Waals surface area (Å²) in [5.41, 5.74) is 2.42. The summed E-state index contributed by atoms with van der Waals surface area (Å²) in [4.78, 5) is 16.9. The van der Waals surface area contributed by atoms with Gasteiger partial charge < -0.3 is 19.3 Å². The molecule has 0 N–H and O–H groups in total. The molecule has 0 saturated carbocycles. The van der Waals surface area contributed by atoms with Crippen LogP contribution in [0.2, 0.25) is 0 Å². The number of carbonyl (C=O) groups is 1. The lowest BCUT2D eigenvalue weighted by Gasteiger charge is -2.35. The third-order valence-electron chi connectivity index (χ3n) is 6.68. The zero-order valence-corrected chi connectivity index (χ0v) is 24.0. The van der Waals surface area contributed by atoms with Crippen LogP contribution in [0.4, 0.5) is 0 Å². The van der Waals surface area contributed by atoms with Crippen molar-refractivity contribution in [2.75, 3.05) is 60.6 Å². The van der Waals surface area contributed by atoms with E-state index in [1.54, 1.807) is 45.0 Å². The number of nitrogens with zero attached hydrogens (tertiary/aromatic N) is 3. The van der Waals surface area contributed by atoms with Crippen LogP contribution in [-0.4, -0.2) is 89.0 Å². The Balaban J connectivity index is 1.79. The van der Waals surface area contributed by atoms with E-state index < -0.39 is 10.0 Å². The number of hydrogen-bond donors (Lipinski definition) is 0. The summed E-state index contributed by atoms with van der Waals surface area (Å²) in [5, 5.41) is 0. The molecule has 0 aromatic heterocycles. The fourth-order valence-electron chi connectivity index (χ4n) is 4.59. The molecule has 0 radical (unpaired) electrons. The maximum Gasteiger partial charge on any atom is 0.248 e. The van der Waals surface area contributed by atoms with E-state index in [2.05, 4.69) is 17.6 Å². The van der Waals surface area contributed by atoms with E-state index in [1.165, 1.54) is 11.4 Å². The minimum atomic E-state index is -3.69. The minimum Gasteiger partial charge on any atom is -0.497 e. The van der Waals surface area contributed by atoms with Crippen molar-refractivity contribution in [2.24, 2.45) is 5.92 Å². The molecule has 1 heterocycles. The summed E-state index contributed by atoms with van der Waals surface area (Å²) >= 11 is 0. The fraction of sp³-hybridized carbons (Fsp3) is 0.536. The van der Waals surface area contributed by atoms with Gasteiger partial charge in [0.1, 0.15) is 12.4 Å². The number of likely N-dealkylation sites (tertiary alicyclic amines) is 1. The van der Waals surface area contributed by atoms with E-state index in [1.807, 2.05) is 25.2 Å². The number of piperidine rings is 1. The Kier molecular flexibility index (Phi) is 11.9. The largest absolute Gasteiger partial charge is 0.497 e. The smallest absolute Gasteiger partial charge is 0.248 e. The van der Waals surface area contributed by atoms with Crippen molar-refractivity contribution in [3.8, 4) is 5.75 Å². The van der Waals surface area contributed by atoms with Crippen molar-refractivity contribution in [1.82, 2.24) is 14.1 Å². The molecule has 1 amide bonds. The van der Waals surface area contributed by atoms with Crippen LogP contribution in [0, 0.1) is 19.8 Å². The van der Waals surface area contributed by atoms with Crippen LogP contribution < -0.4 is 4.74 Å². The van der Waals surface area contributed by atoms with Crippen LogP contribution in [0.1, 0.15) is 30.9 Å². The fourth-order valence-corrected chi connectivity index (χ4v) is 6.15. The number of ether oxygens (including phenoxy) is 2. The molecule has 1 aromatic carbocycles. The molecule has 9 heteroatoms. The Morgan fingerprint density at radius 1 is 1.19 bits per heavy atom. The number of sulfonamides is 1. The van der Waals surface area contributed by atoms with Gasteiger partial charge in [0.15, 0.2) is 0 Å². The average Bonchev–Trinajstić information content (AvgIpc) is 2.85. The van der Waals surface area contributed by atoms with Crippen LogP contribution in [0.15, 0.2) is 53.6 Å². The van der Waals surface area contributed by atoms with Gasteiger partial charge in [-0.3, -0.25) is 4.79 Å². The number of amides is 1. The standard InChI is InChI=1S/C28H43N3O5S/c1-8-10-25(11-9-2)31-14-12-24(13-15-31)20-29(5)27(32)21-36-17-16-30(6)37(33,34)28-22(3)18-26(35-7)19-23(28)4/h8-11,18-19,24H,1,12-17,20-21H2,2-7H3/b11-9-,25-10+. The molecule has 1 aromatic rings. The highest BCUT2D eigenvalue weighted by molar-refractivity contribution is 7.89. The van der Waals surface area contributed by atoms with E-state index >= 15 is 0 Å². The second-order valence-electron chi connectivity index (χ2n) is 9.50. The number of carbonyl (C=O) groups excluding carboxylic acids is 1. The number of aryl methyl sites for hydroxylation is 2. The number of hydrogen-bond acceptors (Lipinski definition) is 6. The van der Waals surface area contributed by atoms with Gasteiger partial charge in [-0.1, -0.05) is 18.7 Å². The van der Waals surface area contributed by atoms with E-state index in [4.69, 9.17) is 9.47 Å². The van der Waals surface area contributed by atoms with E-state index in [0.717, 1.165) is 31.6 Å². The second kappa shape index (κ2) is 14.4. The molecule has 0 bridgehead atoms. The van der Waals surface area contributed by atoms with Gasteiger partial charge in [-0.05, 0) is 74.9 Å². The molecule has 1 saturated heterocycles. The van der Waals surface area contributed by atoms with Crippen molar-refractivity contribution in [3.63, 3.8) is 0 Å². The lowest BCUT2D eigenvalue weighted by molar-refractivity contribution is -0.135. The summed E-state index contributed by atoms with van der Waals surface area (Å²) in [6.45, 7) is 12.1. The molecule has 0 aliphatic carbocycles. The number of likely N-dealkylation sites (N-methyl/N-ethyl adjacent to an activating group) is 2. The van der Waals surface area contributed by atoms with Gasteiger partial charge in [-0.25, -0.2) is 8.42 Å². The first-order valence-electron chi connectivity index (χ1n) is 12.7. The first kappa shape index (κ1) is 30.6. The summed E-state index contributed by atoms with van der Waals surface area (Å²) in [7, 11) is 1.18. The van der Waals surface area contributed by atoms with Crippen molar-refractivity contribution in [2.45, 2.75) is 38.5 Å². The third-order valence-corrected chi connectivity index (χ3v) is 8.84. The lowest BCUT2D eigenvalue weighted by Crippen LogP contribution is -2.40. The molecule has 1 aliphatic rings. The molecule has 1 fully saturated rings. The zero-order chi connectivity index (χ0) is 27.6. The van der Waals surface area contributed by atoms with Gasteiger partial charge in [-0.2, -0.15) is 4.31 Å². The van der Waals surface area contributed by atoms with Crippen LogP contribution >= 0.6 is 0 Å². The molecule has 0 spiro atoms. The summed E-state index contributed by atoms with van der Waals surface area (Å²) in [6.07, 6.45) is 9.98. The number of rotatable bonds is 13. The maximum atomic E-state index is 13.1. The van der Waals surface area contributed by atoms with Gasteiger partial charge in [0.25, 0.3) is 0 Å². The summed E-state index contributed by atoms with van der Waals surface area (Å²) in [5.74, 6) is 0.958. The Bertz CT molecular complexity index is 1070. The summed E-state index contributed by atoms with van der Waals surface area (Å²) < 4.78 is 38.3. The molecular weight excluding hydrogens is 490 g/mol. The molecule has 206 valence electrons. The molecule has 2 rings (SSSR count). The molecule has 37 heavy (non-hydrogen) atoms. The number of benzene rings is 1. The van der Waals surface area contributed by atoms with Crippen LogP contribution in [0.3, 0.4) is 0 Å². The molecule has 0 atom stereocenters. The Labute approximate surface area is 223 Å². The number of methoxy groups -OCH3 is 1. The van der Waals surface area contributed by atoms with Crippen LogP contribution in [0.5, 0.6) is 5.75 Å². The van der Waals surface area contributed by atoms with E-state index in [9.17, 15) is 13.2 Å². The second-order valence-corrected chi connectivity index (χ2v) is 11.5. The van der Waals surface area contributed by atoms with Gasteiger partial charge >= 0.3 is 0 Å². The van der Waals surface area contributed by atoms with Crippen LogP contribution in [-0.2, 0) is 19.6 Å². The van der Waals surface area contributed by atoms with Crippen molar-refractivity contribution in [1.29, 1.82) is 0 Å². The predicted molar refractivity (Wildman–Crippen MR) is 148 cm³/mol. The predicted octanol–water partition coefficient (Wildman–Crippen LogP) is 3.77. The van der Waals surface area contributed by atoms with Gasteiger partial charge in [0, 0.05) is 46.0 Å². The lowest BCUT2D eigenvalue weighted by atomic mass is 9.95. The molecule has 8 nitrogen and oxygen atoms in total. The topological polar surface area (TPSA) is 79.4 Å². The van der Waals surface area contributed by atoms with Gasteiger partial charge in [0.05, 0.1) is 18.6 Å². The van der Waals surface area contributed by atoms with E-state index in [-0.39, 0.29) is 30.6 Å². The summed E-state index contributed by atoms with van der Waals surface area (Å²) in [6, 6.07) is 3.42. The van der Waals surface area contributed by atoms with Gasteiger partial charge in [0.2, 0.25) is 15.9 Å². The van der Waals surface area contributed by atoms with Crippen molar-refractivity contribution < 1.29 is 22.7 Å². The SMILES string of the molecule is C=C/C=C(\C=C/C)N1CCC(CN(C)C(=O)COCCN(C)S(=O)(=O)c2c(C)cc(OC)cc2C)CC1. The highest BCUT2D eigenvalue weighted by Crippen LogP contribution is 2.27. The van der Waals surface area contributed by atoms with Crippen molar-refractivity contribution in [3.05, 3.63) is 59.8 Å². The quantitative estimate of drug-likeness (QED) is 0.284. The van der Waals surface area contributed by atoms with E-state index in [0.29, 0.717) is 29.3 Å². The highest BCUT2D eigenvalue weighted by Gasteiger charge is 2.26. The highest BCUT2D eigenvalue weighted by atomic mass is 32.2. The maximum absolute atomic E-state index is 13.1.